The lowest BCUT2D eigenvalue weighted by Gasteiger charge is -2.19. The van der Waals surface area contributed by atoms with Gasteiger partial charge in [-0.2, -0.15) is 0 Å². The summed E-state index contributed by atoms with van der Waals surface area (Å²) in [6.07, 6.45) is 5.78. The van der Waals surface area contributed by atoms with Gasteiger partial charge in [-0.1, -0.05) is 72.4 Å². The van der Waals surface area contributed by atoms with Gasteiger partial charge in [0.25, 0.3) is 5.91 Å². The Morgan fingerprint density at radius 1 is 1.00 bits per heavy atom. The molecule has 0 spiro atoms. The first kappa shape index (κ1) is 30.7. The van der Waals surface area contributed by atoms with Crippen LogP contribution in [0.15, 0.2) is 60.7 Å². The maximum absolute atomic E-state index is 13.5. The monoisotopic (exact) mass is 598 g/mol. The number of ether oxygens (including phenoxy) is 1. The Balaban J connectivity index is 1.42. The summed E-state index contributed by atoms with van der Waals surface area (Å²) >= 11 is 1.59. The quantitative estimate of drug-likeness (QED) is 0.191. The summed E-state index contributed by atoms with van der Waals surface area (Å²) in [5.74, 6) is 0.770. The third kappa shape index (κ3) is 7.63. The molecule has 4 aromatic rings. The number of nitrogens with one attached hydrogen (secondary N) is 1. The summed E-state index contributed by atoms with van der Waals surface area (Å²) in [6, 6.07) is 18.7. The Bertz CT molecular complexity index is 1590. The number of carboxylic acid groups (broad SMARTS) is 1. The highest BCUT2D eigenvalue weighted by atomic mass is 32.1. The van der Waals surface area contributed by atoms with Crippen LogP contribution >= 0.6 is 11.3 Å². The van der Waals surface area contributed by atoms with E-state index >= 15 is 0 Å². The fourth-order valence-electron chi connectivity index (χ4n) is 5.74. The van der Waals surface area contributed by atoms with Gasteiger partial charge in [0.1, 0.15) is 23.2 Å². The molecule has 1 aliphatic rings. The number of nitrogens with zero attached hydrogens (tertiary/aromatic N) is 1. The number of hydrogen-bond donors (Lipinski definition) is 2. The fourth-order valence-corrected chi connectivity index (χ4v) is 6.80. The Hall–Kier alpha value is -3.71. The van der Waals surface area contributed by atoms with Gasteiger partial charge in [0.15, 0.2) is 0 Å². The van der Waals surface area contributed by atoms with E-state index in [4.69, 9.17) is 9.72 Å². The van der Waals surface area contributed by atoms with Gasteiger partial charge in [0, 0.05) is 27.3 Å². The van der Waals surface area contributed by atoms with E-state index in [1.54, 1.807) is 17.4 Å². The average molecular weight is 599 g/mol. The number of aliphatic carboxylic acids is 1. The Morgan fingerprint density at radius 3 is 2.33 bits per heavy atom. The molecule has 0 bridgehead atoms. The number of hydrogen-bond acceptors (Lipinski definition) is 5. The summed E-state index contributed by atoms with van der Waals surface area (Å²) in [6.45, 7) is 10.8. The molecule has 0 saturated heterocycles. The van der Waals surface area contributed by atoms with Crippen LogP contribution in [0.3, 0.4) is 0 Å². The van der Waals surface area contributed by atoms with Gasteiger partial charge in [0.2, 0.25) is 0 Å². The molecule has 43 heavy (non-hydrogen) atoms. The van der Waals surface area contributed by atoms with E-state index in [0.29, 0.717) is 17.6 Å². The molecule has 2 heterocycles. The van der Waals surface area contributed by atoms with Gasteiger partial charge in [-0.15, -0.1) is 11.3 Å². The Morgan fingerprint density at radius 2 is 1.70 bits per heavy atom. The summed E-state index contributed by atoms with van der Waals surface area (Å²) in [5, 5.41) is 14.5. The van der Waals surface area contributed by atoms with E-state index in [9.17, 15) is 14.7 Å². The van der Waals surface area contributed by atoms with E-state index in [-0.39, 0.29) is 17.5 Å². The normalized spacial score (nSPS) is 14.7. The van der Waals surface area contributed by atoms with Crippen molar-refractivity contribution < 1.29 is 19.4 Å². The van der Waals surface area contributed by atoms with Crippen LogP contribution < -0.4 is 10.1 Å². The van der Waals surface area contributed by atoms with Gasteiger partial charge in [0.05, 0.1) is 0 Å². The van der Waals surface area contributed by atoms with Crippen molar-refractivity contribution in [3.05, 3.63) is 87.4 Å². The van der Waals surface area contributed by atoms with Crippen molar-refractivity contribution in [2.45, 2.75) is 90.5 Å². The highest BCUT2D eigenvalue weighted by Crippen LogP contribution is 2.33. The molecule has 0 aliphatic heterocycles. The first-order valence-electron chi connectivity index (χ1n) is 15.3. The second kappa shape index (κ2) is 12.9. The molecule has 226 valence electrons. The predicted molar refractivity (Wildman–Crippen MR) is 174 cm³/mol. The fraction of sp³-hybridized carbons (Fsp3) is 0.417. The zero-order valence-electron chi connectivity index (χ0n) is 25.8. The largest absolute Gasteiger partial charge is 0.480 e. The lowest BCUT2D eigenvalue weighted by Crippen LogP contribution is -2.42. The van der Waals surface area contributed by atoms with Crippen LogP contribution in [-0.4, -0.2) is 28.0 Å². The van der Waals surface area contributed by atoms with E-state index in [0.717, 1.165) is 46.4 Å². The van der Waals surface area contributed by atoms with Crippen LogP contribution in [0.5, 0.6) is 11.5 Å². The molecule has 1 unspecified atom stereocenters. The molecule has 1 amide bonds. The molecule has 1 atom stereocenters. The Kier molecular flexibility index (Phi) is 9.21. The number of fused-ring (bicyclic) bond motifs is 1. The van der Waals surface area contributed by atoms with Crippen LogP contribution in [0.1, 0.15) is 97.7 Å². The second-order valence-electron chi connectivity index (χ2n) is 13.1. The number of carboxylic acids is 1. The van der Waals surface area contributed by atoms with Crippen molar-refractivity contribution in [1.29, 1.82) is 0 Å². The zero-order chi connectivity index (χ0) is 30.7. The van der Waals surface area contributed by atoms with Gasteiger partial charge in [-0.25, -0.2) is 9.78 Å². The SMILES string of the molecule is CC(C)c1ccc(CC(NC(=O)c2cc3cc(Oc4ccc(C(C)(C)C)cc4)ccc3c(CC3CCCC3)n2)C(=O)O)s1. The second-order valence-corrected chi connectivity index (χ2v) is 14.3. The highest BCUT2D eigenvalue weighted by Gasteiger charge is 2.25. The minimum absolute atomic E-state index is 0.0572. The third-order valence-electron chi connectivity index (χ3n) is 8.29. The molecule has 2 aromatic heterocycles. The summed E-state index contributed by atoms with van der Waals surface area (Å²) < 4.78 is 6.21. The number of benzene rings is 2. The molecule has 1 saturated carbocycles. The molecule has 7 heteroatoms. The van der Waals surface area contributed by atoms with Gasteiger partial charge in [-0.3, -0.25) is 4.79 Å². The molecule has 1 aliphatic carbocycles. The topological polar surface area (TPSA) is 88.5 Å². The number of aromatic nitrogens is 1. The molecule has 6 nitrogen and oxygen atoms in total. The molecule has 1 fully saturated rings. The van der Waals surface area contributed by atoms with E-state index in [1.807, 2.05) is 42.5 Å². The number of rotatable bonds is 10. The van der Waals surface area contributed by atoms with Crippen LogP contribution in [0.2, 0.25) is 0 Å². The average Bonchev–Trinajstić information content (AvgIpc) is 3.65. The van der Waals surface area contributed by atoms with E-state index < -0.39 is 17.9 Å². The molecule has 2 aromatic carbocycles. The minimum Gasteiger partial charge on any atom is -0.480 e. The lowest BCUT2D eigenvalue weighted by molar-refractivity contribution is -0.139. The summed E-state index contributed by atoms with van der Waals surface area (Å²) in [4.78, 5) is 32.6. The first-order chi connectivity index (χ1) is 20.5. The number of pyridine rings is 1. The number of amides is 1. The number of carbonyl (C=O) groups is 2. The lowest BCUT2D eigenvalue weighted by atomic mass is 9.87. The smallest absolute Gasteiger partial charge is 0.326 e. The summed E-state index contributed by atoms with van der Waals surface area (Å²) in [7, 11) is 0. The van der Waals surface area contributed by atoms with Crippen molar-refractivity contribution in [3.63, 3.8) is 0 Å². The summed E-state index contributed by atoms with van der Waals surface area (Å²) in [5.41, 5.74) is 2.40. The van der Waals surface area contributed by atoms with Gasteiger partial charge in [-0.05, 0) is 83.2 Å². The van der Waals surface area contributed by atoms with Crippen molar-refractivity contribution >= 4 is 34.0 Å². The molecular weight excluding hydrogens is 556 g/mol. The maximum Gasteiger partial charge on any atom is 0.326 e. The van der Waals surface area contributed by atoms with Crippen LogP contribution in [-0.2, 0) is 23.1 Å². The van der Waals surface area contributed by atoms with Crippen LogP contribution in [0, 0.1) is 5.92 Å². The first-order valence-corrected chi connectivity index (χ1v) is 16.1. The van der Waals surface area contributed by atoms with Crippen LogP contribution in [0.4, 0.5) is 0 Å². The molecule has 0 radical (unpaired) electrons. The number of thiophene rings is 1. The van der Waals surface area contributed by atoms with Crippen molar-refractivity contribution in [2.75, 3.05) is 0 Å². The highest BCUT2D eigenvalue weighted by molar-refractivity contribution is 7.12. The zero-order valence-corrected chi connectivity index (χ0v) is 26.6. The van der Waals surface area contributed by atoms with E-state index in [1.165, 1.54) is 23.3 Å². The predicted octanol–water partition coefficient (Wildman–Crippen LogP) is 8.67. The van der Waals surface area contributed by atoms with E-state index in [2.05, 4.69) is 52.1 Å². The van der Waals surface area contributed by atoms with Gasteiger partial charge < -0.3 is 15.2 Å². The maximum atomic E-state index is 13.5. The standard InChI is InChI=1S/C36H42N2O4S/c1-22(2)33-17-15-28(43-33)21-32(35(40)41)38-34(39)31-20-24-19-27(42-26-12-10-25(11-13-26)36(3,4)5)14-16-29(24)30(37-31)18-23-8-6-7-9-23/h10-17,19-20,22-23,32H,6-9,18,21H2,1-5H3,(H,38,39)(H,40,41). The Labute approximate surface area is 258 Å². The molecular formula is C36H42N2O4S. The third-order valence-corrected chi connectivity index (χ3v) is 9.70. The van der Waals surface area contributed by atoms with Crippen molar-refractivity contribution in [2.24, 2.45) is 5.92 Å². The van der Waals surface area contributed by atoms with Crippen LogP contribution in [0.25, 0.3) is 10.8 Å². The minimum atomic E-state index is -1.06. The molecule has 5 rings (SSSR count). The number of carbonyl (C=O) groups excluding carboxylic acids is 1. The molecule has 2 N–H and O–H groups in total. The van der Waals surface area contributed by atoms with Gasteiger partial charge >= 0.3 is 5.97 Å². The van der Waals surface area contributed by atoms with Crippen molar-refractivity contribution in [3.8, 4) is 11.5 Å². The van der Waals surface area contributed by atoms with Crippen molar-refractivity contribution in [1.82, 2.24) is 10.3 Å².